The zero-order chi connectivity index (χ0) is 8.43. The topological polar surface area (TPSA) is 46.2 Å². The number of aliphatic hydroxyl groups is 1. The van der Waals surface area contributed by atoms with Crippen molar-refractivity contribution in [2.24, 2.45) is 5.14 Å². The van der Waals surface area contributed by atoms with Gasteiger partial charge in [-0.2, -0.15) is 0 Å². The van der Waals surface area contributed by atoms with Crippen LogP contribution in [0.3, 0.4) is 0 Å². The van der Waals surface area contributed by atoms with Crippen LogP contribution in [0.2, 0.25) is 4.34 Å². The van der Waals surface area contributed by atoms with Gasteiger partial charge in [-0.15, -0.1) is 11.3 Å². The molecule has 0 bridgehead atoms. The Hall–Kier alpha value is 0.260. The molecule has 0 fully saturated rings. The summed E-state index contributed by atoms with van der Waals surface area (Å²) in [5, 5.41) is 14.6. The summed E-state index contributed by atoms with van der Waals surface area (Å²) in [4.78, 5) is 0. The first-order chi connectivity index (χ1) is 5.15. The van der Waals surface area contributed by atoms with E-state index in [0.717, 1.165) is 21.7 Å². The number of aliphatic hydroxyl groups excluding tert-OH is 1. The molecule has 11 heavy (non-hydrogen) atoms. The molecule has 0 aromatic carbocycles. The van der Waals surface area contributed by atoms with Crippen LogP contribution in [-0.4, -0.2) is 5.11 Å². The van der Waals surface area contributed by atoms with E-state index in [2.05, 4.69) is 0 Å². The highest BCUT2D eigenvalue weighted by Gasteiger charge is 2.11. The molecule has 0 radical (unpaired) electrons. The highest BCUT2D eigenvalue weighted by molar-refractivity contribution is 7.99. The largest absolute Gasteiger partial charge is 0.389 e. The van der Waals surface area contributed by atoms with Crippen LogP contribution >= 0.6 is 34.9 Å². The molecule has 1 aromatic rings. The lowest BCUT2D eigenvalue weighted by Gasteiger charge is -2.01. The second-order valence-corrected chi connectivity index (χ2v) is 4.67. The van der Waals surface area contributed by atoms with Gasteiger partial charge in [-0.25, -0.2) is 0 Å². The second-order valence-electron chi connectivity index (χ2n) is 2.09. The SMILES string of the molecule is CC(O)c1cc(Cl)sc1SN. The molecule has 0 aliphatic rings. The predicted molar refractivity (Wildman–Crippen MR) is 50.0 cm³/mol. The molecule has 0 amide bonds. The Morgan fingerprint density at radius 3 is 2.82 bits per heavy atom. The van der Waals surface area contributed by atoms with E-state index in [9.17, 15) is 5.11 Å². The number of nitrogens with two attached hydrogens (primary N) is 1. The van der Waals surface area contributed by atoms with E-state index in [1.54, 1.807) is 13.0 Å². The highest BCUT2D eigenvalue weighted by Crippen LogP contribution is 2.35. The Labute approximate surface area is 78.5 Å². The van der Waals surface area contributed by atoms with Crippen LogP contribution in [0.5, 0.6) is 0 Å². The molecule has 2 nitrogen and oxygen atoms in total. The van der Waals surface area contributed by atoms with Crippen molar-refractivity contribution in [3.8, 4) is 0 Å². The van der Waals surface area contributed by atoms with Gasteiger partial charge in [0.1, 0.15) is 0 Å². The van der Waals surface area contributed by atoms with Crippen molar-refractivity contribution in [1.82, 2.24) is 0 Å². The molecule has 5 heteroatoms. The third-order valence-electron chi connectivity index (χ3n) is 1.25. The Morgan fingerprint density at radius 2 is 2.45 bits per heavy atom. The Kier molecular flexibility index (Phi) is 3.21. The minimum atomic E-state index is -0.496. The third kappa shape index (κ3) is 2.10. The van der Waals surface area contributed by atoms with E-state index in [-0.39, 0.29) is 0 Å². The molecular formula is C6H8ClNOS2. The van der Waals surface area contributed by atoms with Gasteiger partial charge in [0.05, 0.1) is 14.6 Å². The second kappa shape index (κ2) is 3.78. The summed E-state index contributed by atoms with van der Waals surface area (Å²) in [6, 6.07) is 1.74. The minimum absolute atomic E-state index is 0.496. The molecule has 3 N–H and O–H groups in total. The molecule has 1 atom stereocenters. The molecular weight excluding hydrogens is 202 g/mol. The van der Waals surface area contributed by atoms with Crippen LogP contribution in [0.25, 0.3) is 0 Å². The van der Waals surface area contributed by atoms with E-state index >= 15 is 0 Å². The monoisotopic (exact) mass is 209 g/mol. The lowest BCUT2D eigenvalue weighted by Crippen LogP contribution is -1.90. The van der Waals surface area contributed by atoms with Crippen LogP contribution in [0.1, 0.15) is 18.6 Å². The standard InChI is InChI=1S/C6H8ClNOS2/c1-3(9)4-2-5(7)10-6(4)11-8/h2-3,9H,8H2,1H3. The molecule has 0 aliphatic heterocycles. The molecule has 0 saturated heterocycles. The van der Waals surface area contributed by atoms with Crippen molar-refractivity contribution >= 4 is 34.9 Å². The normalized spacial score (nSPS) is 13.5. The summed E-state index contributed by atoms with van der Waals surface area (Å²) < 4.78 is 1.54. The molecule has 1 rings (SSSR count). The van der Waals surface area contributed by atoms with Gasteiger partial charge < -0.3 is 5.11 Å². The van der Waals surface area contributed by atoms with Crippen molar-refractivity contribution in [2.45, 2.75) is 17.2 Å². The highest BCUT2D eigenvalue weighted by atomic mass is 35.5. The Bertz CT molecular complexity index is 249. The van der Waals surface area contributed by atoms with Crippen LogP contribution < -0.4 is 5.14 Å². The summed E-state index contributed by atoms with van der Waals surface area (Å²) in [7, 11) is 0. The van der Waals surface area contributed by atoms with Crippen molar-refractivity contribution in [1.29, 1.82) is 0 Å². The van der Waals surface area contributed by atoms with Crippen molar-refractivity contribution in [3.05, 3.63) is 16.0 Å². The lowest BCUT2D eigenvalue weighted by atomic mass is 10.2. The summed E-state index contributed by atoms with van der Waals surface area (Å²) in [6.07, 6.45) is -0.496. The summed E-state index contributed by atoms with van der Waals surface area (Å²) in [5.74, 6) is 0. The lowest BCUT2D eigenvalue weighted by molar-refractivity contribution is 0.197. The third-order valence-corrected chi connectivity index (χ3v) is 3.31. The van der Waals surface area contributed by atoms with Gasteiger partial charge in [-0.1, -0.05) is 11.6 Å². The van der Waals surface area contributed by atoms with Gasteiger partial charge in [0.15, 0.2) is 0 Å². The first-order valence-corrected chi connectivity index (χ1v) is 5.06. The molecule has 1 unspecified atom stereocenters. The summed E-state index contributed by atoms with van der Waals surface area (Å²) in [5.41, 5.74) is 0.813. The zero-order valence-electron chi connectivity index (χ0n) is 5.87. The summed E-state index contributed by atoms with van der Waals surface area (Å²) in [6.45, 7) is 1.69. The molecule has 0 spiro atoms. The fraction of sp³-hybridized carbons (Fsp3) is 0.333. The molecule has 1 aromatic heterocycles. The van der Waals surface area contributed by atoms with E-state index in [4.69, 9.17) is 16.7 Å². The number of hydrogen-bond donors (Lipinski definition) is 2. The fourth-order valence-corrected chi connectivity index (χ4v) is 2.77. The molecule has 0 aliphatic carbocycles. The maximum absolute atomic E-state index is 9.23. The number of thiophene rings is 1. The maximum atomic E-state index is 9.23. The predicted octanol–water partition coefficient (Wildman–Crippen LogP) is 2.42. The summed E-state index contributed by atoms with van der Waals surface area (Å²) >= 11 is 8.23. The Balaban J connectivity index is 3.02. The van der Waals surface area contributed by atoms with Gasteiger partial charge in [0.2, 0.25) is 0 Å². The first-order valence-electron chi connectivity index (χ1n) is 2.99. The minimum Gasteiger partial charge on any atom is -0.389 e. The first kappa shape index (κ1) is 9.35. The van der Waals surface area contributed by atoms with Crippen molar-refractivity contribution in [2.75, 3.05) is 0 Å². The van der Waals surface area contributed by atoms with Crippen molar-refractivity contribution in [3.63, 3.8) is 0 Å². The van der Waals surface area contributed by atoms with Crippen LogP contribution in [-0.2, 0) is 0 Å². The molecule has 0 saturated carbocycles. The van der Waals surface area contributed by atoms with Crippen LogP contribution in [0.15, 0.2) is 10.3 Å². The van der Waals surface area contributed by atoms with Gasteiger partial charge in [0, 0.05) is 5.56 Å². The van der Waals surface area contributed by atoms with E-state index in [0.29, 0.717) is 4.34 Å². The van der Waals surface area contributed by atoms with Crippen LogP contribution in [0.4, 0.5) is 0 Å². The van der Waals surface area contributed by atoms with Crippen LogP contribution in [0, 0.1) is 0 Å². The number of rotatable bonds is 2. The molecule has 1 heterocycles. The van der Waals surface area contributed by atoms with E-state index < -0.39 is 6.10 Å². The van der Waals surface area contributed by atoms with E-state index in [1.807, 2.05) is 0 Å². The number of halogens is 1. The van der Waals surface area contributed by atoms with Gasteiger partial charge in [-0.3, -0.25) is 5.14 Å². The van der Waals surface area contributed by atoms with Gasteiger partial charge >= 0.3 is 0 Å². The smallest absolute Gasteiger partial charge is 0.0944 e. The van der Waals surface area contributed by atoms with E-state index in [1.165, 1.54) is 11.3 Å². The number of hydrogen-bond acceptors (Lipinski definition) is 4. The van der Waals surface area contributed by atoms with Gasteiger partial charge in [-0.05, 0) is 24.9 Å². The average Bonchev–Trinajstić information content (AvgIpc) is 2.30. The average molecular weight is 210 g/mol. The maximum Gasteiger partial charge on any atom is 0.0944 e. The van der Waals surface area contributed by atoms with Gasteiger partial charge in [0.25, 0.3) is 0 Å². The van der Waals surface area contributed by atoms with Crippen molar-refractivity contribution < 1.29 is 5.11 Å². The zero-order valence-corrected chi connectivity index (χ0v) is 8.26. The Morgan fingerprint density at radius 1 is 1.82 bits per heavy atom. The molecule has 62 valence electrons. The fourth-order valence-electron chi connectivity index (χ4n) is 0.741. The quantitative estimate of drug-likeness (QED) is 0.736.